The van der Waals surface area contributed by atoms with Crippen LogP contribution in [-0.2, 0) is 24.2 Å². The van der Waals surface area contributed by atoms with Gasteiger partial charge in [0.2, 0.25) is 5.91 Å². The molecular formula is C18H25N3O3S. The number of nitrogens with two attached hydrogens (primary N) is 1. The third-order valence-electron chi connectivity index (χ3n) is 5.22. The minimum absolute atomic E-state index is 0.166. The van der Waals surface area contributed by atoms with Gasteiger partial charge in [0.05, 0.1) is 5.39 Å². The first-order valence-corrected chi connectivity index (χ1v) is 9.56. The van der Waals surface area contributed by atoms with Crippen LogP contribution < -0.4 is 17.0 Å². The molecule has 6 nitrogen and oxygen atoms in total. The lowest BCUT2D eigenvalue weighted by atomic mass is 9.72. The van der Waals surface area contributed by atoms with Gasteiger partial charge in [-0.15, -0.1) is 11.3 Å². The molecule has 0 bridgehead atoms. The van der Waals surface area contributed by atoms with Crippen molar-refractivity contribution < 1.29 is 4.79 Å². The van der Waals surface area contributed by atoms with Gasteiger partial charge in [-0.25, -0.2) is 4.79 Å². The molecule has 1 aliphatic carbocycles. The van der Waals surface area contributed by atoms with E-state index in [1.54, 1.807) is 11.3 Å². The fraction of sp³-hybridized carbons (Fsp3) is 0.611. The maximum atomic E-state index is 12.9. The highest BCUT2D eigenvalue weighted by molar-refractivity contribution is 7.18. The van der Waals surface area contributed by atoms with E-state index in [0.717, 1.165) is 24.8 Å². The monoisotopic (exact) mass is 363 g/mol. The summed E-state index contributed by atoms with van der Waals surface area (Å²) in [4.78, 5) is 40.8. The van der Waals surface area contributed by atoms with E-state index < -0.39 is 11.6 Å². The molecule has 0 fully saturated rings. The van der Waals surface area contributed by atoms with Crippen LogP contribution >= 0.6 is 11.3 Å². The summed E-state index contributed by atoms with van der Waals surface area (Å²) in [5.41, 5.74) is 5.82. The number of hydrogen-bond acceptors (Lipinski definition) is 4. The highest BCUT2D eigenvalue weighted by atomic mass is 32.1. The Morgan fingerprint density at radius 3 is 2.72 bits per heavy atom. The molecule has 3 N–H and O–H groups in total. The van der Waals surface area contributed by atoms with Crippen LogP contribution in [0.3, 0.4) is 0 Å². The molecule has 2 aromatic rings. The average Bonchev–Trinajstić information content (AvgIpc) is 2.86. The minimum atomic E-state index is -0.424. The highest BCUT2D eigenvalue weighted by Crippen LogP contribution is 2.41. The fourth-order valence-corrected chi connectivity index (χ4v) is 4.95. The van der Waals surface area contributed by atoms with E-state index >= 15 is 0 Å². The van der Waals surface area contributed by atoms with E-state index in [-0.39, 0.29) is 23.9 Å². The number of hydrogen-bond donors (Lipinski definition) is 2. The molecule has 2 heterocycles. The normalized spacial score (nSPS) is 17.6. The number of primary amides is 1. The van der Waals surface area contributed by atoms with Crippen LogP contribution in [0, 0.1) is 11.3 Å². The number of nitrogens with zero attached hydrogens (tertiary/aromatic N) is 1. The third kappa shape index (κ3) is 3.42. The zero-order chi connectivity index (χ0) is 18.4. The molecule has 0 saturated carbocycles. The van der Waals surface area contributed by atoms with Crippen molar-refractivity contribution in [2.75, 3.05) is 0 Å². The number of fused-ring (bicyclic) bond motifs is 3. The number of aromatic amines is 1. The van der Waals surface area contributed by atoms with Crippen LogP contribution in [0.4, 0.5) is 0 Å². The number of H-pyrrole nitrogens is 1. The van der Waals surface area contributed by atoms with Gasteiger partial charge in [-0.1, -0.05) is 20.8 Å². The van der Waals surface area contributed by atoms with Crippen molar-refractivity contribution in [2.45, 2.75) is 59.4 Å². The number of rotatable bonds is 4. The summed E-state index contributed by atoms with van der Waals surface area (Å²) in [5.74, 6) is 0.157. The van der Waals surface area contributed by atoms with Crippen LogP contribution in [0.1, 0.15) is 50.5 Å². The smallest absolute Gasteiger partial charge is 0.329 e. The minimum Gasteiger partial charge on any atom is -0.370 e. The first kappa shape index (κ1) is 17.9. The maximum Gasteiger partial charge on any atom is 0.329 e. The molecule has 136 valence electrons. The average molecular weight is 363 g/mol. The molecule has 2 aromatic heterocycles. The first-order chi connectivity index (χ1) is 11.7. The van der Waals surface area contributed by atoms with Crippen molar-refractivity contribution in [1.29, 1.82) is 0 Å². The Bertz CT molecular complexity index is 930. The standard InChI is InChI=1S/C18H25N3O3S/c1-18(2,3)10-6-7-11-12(9-10)25-15-14(11)16(23)21(17(24)20-15)8-4-5-13(19)22/h10H,4-9H2,1-3H3,(H2,19,22)(H,20,24). The Morgan fingerprint density at radius 2 is 2.08 bits per heavy atom. The van der Waals surface area contributed by atoms with Crippen molar-refractivity contribution in [1.82, 2.24) is 9.55 Å². The fourth-order valence-electron chi connectivity index (χ4n) is 3.65. The third-order valence-corrected chi connectivity index (χ3v) is 6.39. The molecule has 3 rings (SSSR count). The topological polar surface area (TPSA) is 97.9 Å². The number of aromatic nitrogens is 2. The largest absolute Gasteiger partial charge is 0.370 e. The number of thiophene rings is 1. The van der Waals surface area contributed by atoms with Crippen LogP contribution in [-0.4, -0.2) is 15.5 Å². The molecular weight excluding hydrogens is 338 g/mol. The molecule has 1 amide bonds. The SMILES string of the molecule is CC(C)(C)C1CCc2c(sc3[nH]c(=O)n(CCCC(N)=O)c(=O)c23)C1. The van der Waals surface area contributed by atoms with Gasteiger partial charge in [0.1, 0.15) is 4.83 Å². The van der Waals surface area contributed by atoms with Gasteiger partial charge < -0.3 is 5.73 Å². The lowest BCUT2D eigenvalue weighted by Gasteiger charge is -2.33. The molecule has 0 aromatic carbocycles. The van der Waals surface area contributed by atoms with Crippen molar-refractivity contribution in [3.63, 3.8) is 0 Å². The van der Waals surface area contributed by atoms with Crippen LogP contribution in [0.15, 0.2) is 9.59 Å². The molecule has 0 spiro atoms. The van der Waals surface area contributed by atoms with Gasteiger partial charge in [0, 0.05) is 17.8 Å². The van der Waals surface area contributed by atoms with Crippen molar-refractivity contribution in [2.24, 2.45) is 17.1 Å². The summed E-state index contributed by atoms with van der Waals surface area (Å²) in [7, 11) is 0. The molecule has 0 radical (unpaired) electrons. The Kier molecular flexibility index (Phi) is 4.62. The van der Waals surface area contributed by atoms with Gasteiger partial charge in [-0.2, -0.15) is 0 Å². The van der Waals surface area contributed by atoms with Crippen molar-refractivity contribution >= 4 is 27.5 Å². The molecule has 0 aliphatic heterocycles. The van der Waals surface area contributed by atoms with Crippen LogP contribution in [0.2, 0.25) is 0 Å². The van der Waals surface area contributed by atoms with E-state index in [1.807, 2.05) is 0 Å². The molecule has 25 heavy (non-hydrogen) atoms. The Morgan fingerprint density at radius 1 is 1.36 bits per heavy atom. The summed E-state index contributed by atoms with van der Waals surface area (Å²) < 4.78 is 1.20. The summed E-state index contributed by atoms with van der Waals surface area (Å²) in [6.45, 7) is 6.97. The second-order valence-corrected chi connectivity index (χ2v) is 9.08. The predicted octanol–water partition coefficient (Wildman–Crippen LogP) is 2.17. The van der Waals surface area contributed by atoms with E-state index in [9.17, 15) is 14.4 Å². The van der Waals surface area contributed by atoms with Crippen molar-refractivity contribution in [3.8, 4) is 0 Å². The van der Waals surface area contributed by atoms with Crippen molar-refractivity contribution in [3.05, 3.63) is 31.3 Å². The van der Waals surface area contributed by atoms with Gasteiger partial charge >= 0.3 is 5.69 Å². The van der Waals surface area contributed by atoms with Crippen LogP contribution in [0.25, 0.3) is 10.2 Å². The second-order valence-electron chi connectivity index (χ2n) is 7.97. The van der Waals surface area contributed by atoms with E-state index in [4.69, 9.17) is 5.73 Å². The zero-order valence-electron chi connectivity index (χ0n) is 15.0. The van der Waals surface area contributed by atoms with Gasteiger partial charge in [-0.05, 0) is 42.6 Å². The zero-order valence-corrected chi connectivity index (χ0v) is 15.8. The number of aryl methyl sites for hydroxylation is 1. The highest BCUT2D eigenvalue weighted by Gasteiger charge is 2.31. The molecule has 7 heteroatoms. The maximum absolute atomic E-state index is 12.9. The van der Waals surface area contributed by atoms with E-state index in [0.29, 0.717) is 22.6 Å². The molecule has 1 aliphatic rings. The van der Waals surface area contributed by atoms with E-state index in [2.05, 4.69) is 25.8 Å². The summed E-state index contributed by atoms with van der Waals surface area (Å²) in [6.07, 6.45) is 3.45. The first-order valence-electron chi connectivity index (χ1n) is 8.74. The number of carbonyl (C=O) groups excluding carboxylic acids is 1. The Balaban J connectivity index is 2.01. The lowest BCUT2D eigenvalue weighted by Crippen LogP contribution is -2.35. The Labute approximate surface area is 150 Å². The molecule has 1 unspecified atom stereocenters. The van der Waals surface area contributed by atoms with Gasteiger partial charge in [-0.3, -0.25) is 19.1 Å². The molecule has 1 atom stereocenters. The lowest BCUT2D eigenvalue weighted by molar-refractivity contribution is -0.118. The quantitative estimate of drug-likeness (QED) is 0.871. The summed E-state index contributed by atoms with van der Waals surface area (Å²) >= 11 is 1.54. The van der Waals surface area contributed by atoms with Gasteiger partial charge in [0.15, 0.2) is 0 Å². The Hall–Kier alpha value is -1.89. The number of carbonyl (C=O) groups is 1. The van der Waals surface area contributed by atoms with Crippen LogP contribution in [0.5, 0.6) is 0 Å². The number of amides is 1. The summed E-state index contributed by atoms with van der Waals surface area (Å²) in [5, 5.41) is 0.658. The van der Waals surface area contributed by atoms with Gasteiger partial charge in [0.25, 0.3) is 5.56 Å². The predicted molar refractivity (Wildman–Crippen MR) is 100 cm³/mol. The molecule has 0 saturated heterocycles. The summed E-state index contributed by atoms with van der Waals surface area (Å²) in [6, 6.07) is 0. The second kappa shape index (κ2) is 6.44. The van der Waals surface area contributed by atoms with E-state index in [1.165, 1.54) is 9.44 Å². The number of nitrogens with one attached hydrogen (secondary N) is 1.